The second-order valence-electron chi connectivity index (χ2n) is 5.54. The Bertz CT molecular complexity index is 796. The summed E-state index contributed by atoms with van der Waals surface area (Å²) in [6.07, 6.45) is 1.46. The van der Waals surface area contributed by atoms with Crippen LogP contribution in [0.5, 0.6) is 0 Å². The molecule has 4 heteroatoms. The van der Waals surface area contributed by atoms with Crippen LogP contribution in [0.4, 0.5) is 4.39 Å². The Kier molecular flexibility index (Phi) is 6.01. The largest absolute Gasteiger partial charge is 0.466 e. The highest BCUT2D eigenvalue weighted by Gasteiger charge is 2.33. The van der Waals surface area contributed by atoms with Crippen molar-refractivity contribution in [3.63, 3.8) is 0 Å². The maximum Gasteiger partial charge on any atom is 0.333 e. The maximum atomic E-state index is 13.7. The number of methoxy groups -OCH3 is 1. The van der Waals surface area contributed by atoms with Gasteiger partial charge < -0.3 is 4.74 Å². The Labute approximate surface area is 146 Å². The molecule has 2 rings (SSSR count). The van der Waals surface area contributed by atoms with E-state index in [0.717, 1.165) is 0 Å². The van der Waals surface area contributed by atoms with Gasteiger partial charge in [0.25, 0.3) is 0 Å². The smallest absolute Gasteiger partial charge is 0.333 e. The molecule has 2 aromatic carbocycles. The lowest BCUT2D eigenvalue weighted by molar-refractivity contribution is -0.136. The monoisotopic (exact) mass is 338 g/mol. The zero-order valence-corrected chi connectivity index (χ0v) is 13.9. The van der Waals surface area contributed by atoms with Crippen molar-refractivity contribution in [1.82, 2.24) is 0 Å². The van der Waals surface area contributed by atoms with E-state index in [4.69, 9.17) is 4.74 Å². The lowest BCUT2D eigenvalue weighted by Crippen LogP contribution is -2.25. The van der Waals surface area contributed by atoms with E-state index in [1.807, 2.05) is 0 Å². The molecule has 0 aromatic heterocycles. The van der Waals surface area contributed by atoms with Crippen molar-refractivity contribution in [2.45, 2.75) is 5.92 Å². The minimum Gasteiger partial charge on any atom is -0.466 e. The number of Topliss-reactive ketones (excluding diaryl/α,β-unsaturated/α-hetero) is 1. The van der Waals surface area contributed by atoms with Crippen molar-refractivity contribution in [3.8, 4) is 0 Å². The molecule has 25 heavy (non-hydrogen) atoms. The number of ketones is 1. The topological polar surface area (TPSA) is 43.4 Å². The van der Waals surface area contributed by atoms with Crippen molar-refractivity contribution >= 4 is 11.8 Å². The van der Waals surface area contributed by atoms with Crippen LogP contribution < -0.4 is 0 Å². The molecule has 0 unspecified atom stereocenters. The molecule has 2 atom stereocenters. The zero-order valence-electron chi connectivity index (χ0n) is 13.9. The van der Waals surface area contributed by atoms with Gasteiger partial charge in [0.1, 0.15) is 5.82 Å². The summed E-state index contributed by atoms with van der Waals surface area (Å²) in [5, 5.41) is 0. The maximum absolute atomic E-state index is 13.7. The summed E-state index contributed by atoms with van der Waals surface area (Å²) in [7, 11) is 1.23. The van der Waals surface area contributed by atoms with Gasteiger partial charge in [0.05, 0.1) is 13.0 Å². The first-order valence-electron chi connectivity index (χ1n) is 7.74. The summed E-state index contributed by atoms with van der Waals surface area (Å²) in [6, 6.07) is 14.4. The molecule has 3 nitrogen and oxygen atoms in total. The number of benzene rings is 2. The SMILES string of the molecule is C=C[C@H](C(=O)c1ccccc1)[C@@H](C(=C)C(=O)OC)c1cccc(F)c1. The molecular weight excluding hydrogens is 319 g/mol. The molecule has 2 aromatic rings. The van der Waals surface area contributed by atoms with Crippen molar-refractivity contribution in [1.29, 1.82) is 0 Å². The molecule has 0 bridgehead atoms. The third kappa shape index (κ3) is 4.10. The van der Waals surface area contributed by atoms with E-state index in [1.54, 1.807) is 36.4 Å². The van der Waals surface area contributed by atoms with E-state index in [9.17, 15) is 14.0 Å². The summed E-state index contributed by atoms with van der Waals surface area (Å²) in [5.41, 5.74) is 1.01. The van der Waals surface area contributed by atoms with E-state index >= 15 is 0 Å². The first-order valence-corrected chi connectivity index (χ1v) is 7.74. The molecule has 0 aliphatic rings. The third-order valence-electron chi connectivity index (χ3n) is 4.00. The Morgan fingerprint density at radius 1 is 1.12 bits per heavy atom. The molecule has 0 saturated heterocycles. The van der Waals surface area contributed by atoms with E-state index in [-0.39, 0.29) is 11.4 Å². The van der Waals surface area contributed by atoms with Crippen molar-refractivity contribution < 1.29 is 18.7 Å². The molecule has 0 amide bonds. The quantitative estimate of drug-likeness (QED) is 0.327. The van der Waals surface area contributed by atoms with Gasteiger partial charge in [0, 0.05) is 17.1 Å². The Hall–Kier alpha value is -3.01. The molecule has 0 N–H and O–H groups in total. The van der Waals surface area contributed by atoms with Crippen LogP contribution in [0.15, 0.2) is 79.4 Å². The zero-order chi connectivity index (χ0) is 18.4. The van der Waals surface area contributed by atoms with Crippen LogP contribution in [0.25, 0.3) is 0 Å². The average molecular weight is 338 g/mol. The molecular formula is C21H19FO3. The lowest BCUT2D eigenvalue weighted by atomic mass is 9.77. The summed E-state index contributed by atoms with van der Waals surface area (Å²) >= 11 is 0. The van der Waals surface area contributed by atoms with Crippen molar-refractivity contribution in [3.05, 3.63) is 96.3 Å². The highest BCUT2D eigenvalue weighted by Crippen LogP contribution is 2.35. The number of ether oxygens (including phenoxy) is 1. The number of carbonyl (C=O) groups is 2. The number of hydrogen-bond donors (Lipinski definition) is 0. The standard InChI is InChI=1S/C21H19FO3/c1-4-18(20(23)15-9-6-5-7-10-15)19(14(2)21(24)25-3)16-11-8-12-17(22)13-16/h4-13,18-19H,1-2H2,3H3/t18-,19-/m0/s1. The number of rotatable bonds is 7. The Morgan fingerprint density at radius 2 is 1.80 bits per heavy atom. The summed E-state index contributed by atoms with van der Waals surface area (Å²) in [4.78, 5) is 25.0. The van der Waals surface area contributed by atoms with Crippen LogP contribution in [0.3, 0.4) is 0 Å². The fourth-order valence-electron chi connectivity index (χ4n) is 2.77. The highest BCUT2D eigenvalue weighted by atomic mass is 19.1. The Morgan fingerprint density at radius 3 is 2.36 bits per heavy atom. The average Bonchev–Trinajstić information content (AvgIpc) is 2.65. The van der Waals surface area contributed by atoms with E-state index in [1.165, 1.54) is 31.4 Å². The number of carbonyl (C=O) groups excluding carboxylic acids is 2. The molecule has 128 valence electrons. The fraction of sp³-hybridized carbons (Fsp3) is 0.143. The van der Waals surface area contributed by atoms with Crippen molar-refractivity contribution in [2.75, 3.05) is 7.11 Å². The van der Waals surface area contributed by atoms with Gasteiger partial charge in [-0.3, -0.25) is 4.79 Å². The van der Waals surface area contributed by atoms with Crippen LogP contribution in [-0.4, -0.2) is 18.9 Å². The van der Waals surface area contributed by atoms with Crippen LogP contribution in [0.2, 0.25) is 0 Å². The fourth-order valence-corrected chi connectivity index (χ4v) is 2.77. The van der Waals surface area contributed by atoms with Gasteiger partial charge in [0.2, 0.25) is 0 Å². The number of hydrogen-bond acceptors (Lipinski definition) is 3. The second kappa shape index (κ2) is 8.20. The lowest BCUT2D eigenvalue weighted by Gasteiger charge is -2.25. The molecule has 0 saturated carbocycles. The van der Waals surface area contributed by atoms with Crippen molar-refractivity contribution in [2.24, 2.45) is 5.92 Å². The summed E-state index contributed by atoms with van der Waals surface area (Å²) in [5.74, 6) is -2.89. The summed E-state index contributed by atoms with van der Waals surface area (Å²) in [6.45, 7) is 7.52. The highest BCUT2D eigenvalue weighted by molar-refractivity contribution is 6.01. The molecule has 0 aliphatic heterocycles. The first kappa shape index (κ1) is 18.3. The van der Waals surface area contributed by atoms with Crippen LogP contribution in [-0.2, 0) is 9.53 Å². The molecule has 0 radical (unpaired) electrons. The van der Waals surface area contributed by atoms with Gasteiger partial charge >= 0.3 is 5.97 Å². The molecule has 0 fully saturated rings. The number of allylic oxidation sites excluding steroid dienone is 1. The van der Waals surface area contributed by atoms with Gasteiger partial charge in [-0.15, -0.1) is 6.58 Å². The van der Waals surface area contributed by atoms with E-state index in [0.29, 0.717) is 11.1 Å². The normalized spacial score (nSPS) is 12.7. The summed E-state index contributed by atoms with van der Waals surface area (Å²) < 4.78 is 18.5. The van der Waals surface area contributed by atoms with Gasteiger partial charge in [0.15, 0.2) is 5.78 Å². The van der Waals surface area contributed by atoms with Gasteiger partial charge in [-0.05, 0) is 17.7 Å². The van der Waals surface area contributed by atoms with Gasteiger partial charge in [-0.25, -0.2) is 9.18 Å². The van der Waals surface area contributed by atoms with Crippen LogP contribution >= 0.6 is 0 Å². The Balaban J connectivity index is 2.52. The minimum atomic E-state index is -0.782. The third-order valence-corrected chi connectivity index (χ3v) is 4.00. The van der Waals surface area contributed by atoms with E-state index in [2.05, 4.69) is 13.2 Å². The van der Waals surface area contributed by atoms with E-state index < -0.39 is 23.6 Å². The first-order chi connectivity index (χ1) is 12.0. The number of esters is 1. The van der Waals surface area contributed by atoms with Crippen LogP contribution in [0.1, 0.15) is 21.8 Å². The second-order valence-corrected chi connectivity index (χ2v) is 5.54. The number of halogens is 1. The molecule has 0 aliphatic carbocycles. The van der Waals surface area contributed by atoms with Crippen LogP contribution in [0, 0.1) is 11.7 Å². The predicted octanol–water partition coefficient (Wildman–Crippen LogP) is 4.32. The molecule has 0 heterocycles. The predicted molar refractivity (Wildman–Crippen MR) is 94.8 cm³/mol. The molecule has 0 spiro atoms. The van der Waals surface area contributed by atoms with Gasteiger partial charge in [-0.2, -0.15) is 0 Å². The van der Waals surface area contributed by atoms with Gasteiger partial charge in [-0.1, -0.05) is 55.1 Å². The minimum absolute atomic E-state index is 0.0716.